The molecule has 0 fully saturated rings. The van der Waals surface area contributed by atoms with Crippen LogP contribution in [0.25, 0.3) is 11.1 Å². The van der Waals surface area contributed by atoms with Gasteiger partial charge >= 0.3 is 0 Å². The third kappa shape index (κ3) is 1.45. The standard InChI is InChI=1S/C7H10BrN3/c1-3-5(8)6-4(2)7(9)11-10-6/h10H,2-3H2,1H3,(H2,9,11). The molecule has 0 amide bonds. The minimum Gasteiger partial charge on any atom is -0.382 e. The number of nitrogens with zero attached hydrogens (tertiary/aromatic N) is 1. The van der Waals surface area contributed by atoms with Crippen molar-refractivity contribution in [2.24, 2.45) is 0 Å². The van der Waals surface area contributed by atoms with Crippen LogP contribution in [0, 0.1) is 0 Å². The zero-order valence-electron chi connectivity index (χ0n) is 6.32. The fraction of sp³-hybridized carbons (Fsp3) is 0.286. The van der Waals surface area contributed by atoms with E-state index < -0.39 is 0 Å². The molecule has 0 aliphatic rings. The van der Waals surface area contributed by atoms with Gasteiger partial charge in [0.1, 0.15) is 0 Å². The van der Waals surface area contributed by atoms with Gasteiger partial charge in [0.2, 0.25) is 0 Å². The molecule has 3 nitrogen and oxygen atoms in total. The largest absolute Gasteiger partial charge is 0.382 e. The molecule has 1 heterocycles. The second-order valence-electron chi connectivity index (χ2n) is 2.22. The van der Waals surface area contributed by atoms with Gasteiger partial charge in [0.05, 0.1) is 5.35 Å². The maximum Gasteiger partial charge on any atom is 0.152 e. The molecule has 0 aliphatic carbocycles. The van der Waals surface area contributed by atoms with Gasteiger partial charge in [-0.15, -0.1) is 0 Å². The molecule has 0 aromatic carbocycles. The van der Waals surface area contributed by atoms with Crippen LogP contribution < -0.4 is 16.3 Å². The molecule has 0 atom stereocenters. The van der Waals surface area contributed by atoms with Crippen LogP contribution in [0.4, 0.5) is 5.82 Å². The second-order valence-corrected chi connectivity index (χ2v) is 3.18. The van der Waals surface area contributed by atoms with Crippen molar-refractivity contribution in [3.05, 3.63) is 10.6 Å². The van der Waals surface area contributed by atoms with E-state index in [9.17, 15) is 0 Å². The summed E-state index contributed by atoms with van der Waals surface area (Å²) in [5, 5.41) is 8.28. The number of rotatable bonds is 1. The van der Waals surface area contributed by atoms with Gasteiger partial charge in [-0.25, -0.2) is 0 Å². The van der Waals surface area contributed by atoms with Gasteiger partial charge in [-0.2, -0.15) is 5.10 Å². The lowest BCUT2D eigenvalue weighted by Gasteiger charge is -1.86. The normalized spacial score (nSPS) is 13.3. The van der Waals surface area contributed by atoms with E-state index in [0.717, 1.165) is 21.5 Å². The van der Waals surface area contributed by atoms with E-state index in [2.05, 4.69) is 32.7 Å². The molecule has 0 saturated carbocycles. The molecule has 11 heavy (non-hydrogen) atoms. The molecule has 0 bridgehead atoms. The molecule has 0 radical (unpaired) electrons. The van der Waals surface area contributed by atoms with Crippen LogP contribution >= 0.6 is 15.9 Å². The van der Waals surface area contributed by atoms with Crippen molar-refractivity contribution in [2.45, 2.75) is 13.3 Å². The summed E-state index contributed by atoms with van der Waals surface area (Å²) in [7, 11) is 0. The van der Waals surface area contributed by atoms with E-state index in [0.29, 0.717) is 5.82 Å². The van der Waals surface area contributed by atoms with Crippen LogP contribution in [0.3, 0.4) is 0 Å². The minimum atomic E-state index is 0.463. The lowest BCUT2D eigenvalue weighted by Crippen LogP contribution is -2.24. The number of halogens is 1. The van der Waals surface area contributed by atoms with Crippen molar-refractivity contribution in [2.75, 3.05) is 5.73 Å². The fourth-order valence-corrected chi connectivity index (χ4v) is 1.11. The molecule has 60 valence electrons. The summed E-state index contributed by atoms with van der Waals surface area (Å²) in [5.74, 6) is 0.463. The summed E-state index contributed by atoms with van der Waals surface area (Å²) < 4.78 is 1.05. The Morgan fingerprint density at radius 3 is 2.82 bits per heavy atom. The monoisotopic (exact) mass is 215 g/mol. The first kappa shape index (κ1) is 8.33. The van der Waals surface area contributed by atoms with Gasteiger partial charge in [0.25, 0.3) is 0 Å². The van der Waals surface area contributed by atoms with Crippen LogP contribution in [0.15, 0.2) is 0 Å². The van der Waals surface area contributed by atoms with Gasteiger partial charge < -0.3 is 5.73 Å². The summed E-state index contributed by atoms with van der Waals surface area (Å²) in [5.41, 5.74) is 5.49. The van der Waals surface area contributed by atoms with Crippen LogP contribution in [0.1, 0.15) is 13.3 Å². The predicted octanol–water partition coefficient (Wildman–Crippen LogP) is 0.315. The third-order valence-electron chi connectivity index (χ3n) is 1.48. The van der Waals surface area contributed by atoms with Crippen molar-refractivity contribution >= 4 is 32.8 Å². The van der Waals surface area contributed by atoms with Gasteiger partial charge in [-0.3, -0.25) is 5.10 Å². The molecule has 0 unspecified atom stereocenters. The summed E-state index contributed by atoms with van der Waals surface area (Å²) in [6, 6.07) is 0. The van der Waals surface area contributed by atoms with Crippen molar-refractivity contribution in [1.82, 2.24) is 10.2 Å². The number of H-pyrrole nitrogens is 1. The molecule has 1 rings (SSSR count). The van der Waals surface area contributed by atoms with Crippen LogP contribution in [-0.4, -0.2) is 10.2 Å². The van der Waals surface area contributed by atoms with Crippen molar-refractivity contribution in [1.29, 1.82) is 0 Å². The summed E-state index contributed by atoms with van der Waals surface area (Å²) in [6.45, 7) is 5.82. The number of hydrogen-bond donors (Lipinski definition) is 2. The first-order valence-corrected chi connectivity index (χ1v) is 4.13. The molecular formula is C7H10BrN3. The van der Waals surface area contributed by atoms with Gasteiger partial charge in [-0.05, 0) is 6.42 Å². The molecule has 0 aliphatic heterocycles. The number of hydrogen-bond acceptors (Lipinski definition) is 2. The Balaban J connectivity index is 3.48. The molecule has 1 aromatic heterocycles. The molecule has 3 N–H and O–H groups in total. The molecule has 0 spiro atoms. The zero-order valence-corrected chi connectivity index (χ0v) is 7.90. The van der Waals surface area contributed by atoms with Gasteiger partial charge in [0.15, 0.2) is 5.82 Å². The maximum absolute atomic E-state index is 5.49. The fourth-order valence-electron chi connectivity index (χ4n) is 0.780. The lowest BCUT2D eigenvalue weighted by molar-refractivity contribution is 1.06. The first-order chi connectivity index (χ1) is 5.16. The highest BCUT2D eigenvalue weighted by Crippen LogP contribution is 2.06. The van der Waals surface area contributed by atoms with E-state index in [4.69, 9.17) is 5.73 Å². The van der Waals surface area contributed by atoms with E-state index in [1.807, 2.05) is 6.92 Å². The highest BCUT2D eigenvalue weighted by Gasteiger charge is 1.96. The van der Waals surface area contributed by atoms with Crippen molar-refractivity contribution < 1.29 is 0 Å². The van der Waals surface area contributed by atoms with E-state index >= 15 is 0 Å². The average Bonchev–Trinajstić information content (AvgIpc) is 2.32. The smallest absolute Gasteiger partial charge is 0.152 e. The Morgan fingerprint density at radius 2 is 2.45 bits per heavy atom. The first-order valence-electron chi connectivity index (χ1n) is 3.34. The molecule has 0 saturated heterocycles. The number of aromatic amines is 1. The quantitative estimate of drug-likeness (QED) is 0.710. The Kier molecular flexibility index (Phi) is 2.34. The van der Waals surface area contributed by atoms with Crippen molar-refractivity contribution in [3.8, 4) is 0 Å². The number of anilines is 1. The lowest BCUT2D eigenvalue weighted by atomic mass is 10.3. The van der Waals surface area contributed by atoms with Gasteiger partial charge in [0, 0.05) is 9.70 Å². The van der Waals surface area contributed by atoms with Crippen LogP contribution in [0.5, 0.6) is 0 Å². The van der Waals surface area contributed by atoms with E-state index in [1.165, 1.54) is 0 Å². The third-order valence-corrected chi connectivity index (χ3v) is 2.44. The summed E-state index contributed by atoms with van der Waals surface area (Å²) in [6.07, 6.45) is 0.907. The van der Waals surface area contributed by atoms with Gasteiger partial charge in [-0.1, -0.05) is 29.4 Å². The maximum atomic E-state index is 5.49. The van der Waals surface area contributed by atoms with Crippen LogP contribution in [-0.2, 0) is 0 Å². The topological polar surface area (TPSA) is 54.7 Å². The highest BCUT2D eigenvalue weighted by atomic mass is 79.9. The Morgan fingerprint density at radius 1 is 1.82 bits per heavy atom. The summed E-state index contributed by atoms with van der Waals surface area (Å²) >= 11 is 3.40. The Bertz CT molecular complexity index is 352. The molecular weight excluding hydrogens is 206 g/mol. The predicted molar refractivity (Wildman–Crippen MR) is 50.4 cm³/mol. The minimum absolute atomic E-state index is 0.463. The second kappa shape index (κ2) is 3.09. The Hall–Kier alpha value is -0.770. The van der Waals surface area contributed by atoms with E-state index in [-0.39, 0.29) is 0 Å². The highest BCUT2D eigenvalue weighted by molar-refractivity contribution is 9.14. The number of aromatic nitrogens is 2. The SMILES string of the molecule is C=c1c(N)n[nH]c1=C(Br)CC. The average molecular weight is 216 g/mol. The Labute approximate surface area is 73.1 Å². The molecule has 4 heteroatoms. The number of nitrogens with two attached hydrogens (primary N) is 1. The molecule has 1 aromatic rings. The number of nitrogen functional groups attached to an aromatic ring is 1. The number of nitrogens with one attached hydrogen (secondary N) is 1. The summed E-state index contributed by atoms with van der Waals surface area (Å²) in [4.78, 5) is 0. The zero-order chi connectivity index (χ0) is 8.43. The van der Waals surface area contributed by atoms with E-state index in [1.54, 1.807) is 0 Å². The van der Waals surface area contributed by atoms with Crippen molar-refractivity contribution in [3.63, 3.8) is 0 Å². The van der Waals surface area contributed by atoms with Crippen LogP contribution in [0.2, 0.25) is 0 Å².